The Bertz CT molecular complexity index is 792. The standard InChI is InChI=1S/C35H69NO18/c1-35(2,3)54-34(39)36-4-5-40-6-7-41-8-9-42-10-11-43-12-13-44-14-15-45-16-17-46-18-19-47-20-21-48-22-23-49-24-25-50-26-27-51-28-29-52-30-31-53-32-33(37)38/h4-32H2,1-3H3,(H,36,39)(H,37,38). The lowest BCUT2D eigenvalue weighted by atomic mass is 10.2. The highest BCUT2D eigenvalue weighted by Crippen LogP contribution is 2.06. The summed E-state index contributed by atoms with van der Waals surface area (Å²) in [6, 6.07) is 0. The van der Waals surface area contributed by atoms with Crippen LogP contribution in [-0.4, -0.2) is 214 Å². The van der Waals surface area contributed by atoms with Gasteiger partial charge in [-0.2, -0.15) is 0 Å². The number of rotatable bonds is 44. The molecule has 0 rings (SSSR count). The van der Waals surface area contributed by atoms with Crippen molar-refractivity contribution in [1.82, 2.24) is 5.32 Å². The normalized spacial score (nSPS) is 11.7. The van der Waals surface area contributed by atoms with E-state index in [1.54, 1.807) is 0 Å². The van der Waals surface area contributed by atoms with Gasteiger partial charge in [-0.25, -0.2) is 9.59 Å². The first kappa shape index (κ1) is 52.2. The number of nitrogens with one attached hydrogen (secondary N) is 1. The third kappa shape index (κ3) is 48.2. The van der Waals surface area contributed by atoms with E-state index >= 15 is 0 Å². The van der Waals surface area contributed by atoms with Crippen molar-refractivity contribution in [2.75, 3.05) is 192 Å². The summed E-state index contributed by atoms with van der Waals surface area (Å²) in [5.74, 6) is -1.00. The number of carboxylic acids is 1. The van der Waals surface area contributed by atoms with Crippen LogP contribution in [0.5, 0.6) is 0 Å². The van der Waals surface area contributed by atoms with Gasteiger partial charge in [0.2, 0.25) is 0 Å². The van der Waals surface area contributed by atoms with Crippen LogP contribution in [0, 0.1) is 0 Å². The van der Waals surface area contributed by atoms with Crippen molar-refractivity contribution in [1.29, 1.82) is 0 Å². The van der Waals surface area contributed by atoms with Crippen LogP contribution in [0.1, 0.15) is 20.8 Å². The minimum Gasteiger partial charge on any atom is -0.480 e. The summed E-state index contributed by atoms with van der Waals surface area (Å²) in [6.07, 6.45) is -0.458. The molecule has 0 saturated heterocycles. The highest BCUT2D eigenvalue weighted by atomic mass is 16.6. The quantitative estimate of drug-likeness (QED) is 0.0820. The molecule has 0 radical (unpaired) electrons. The number of aliphatic carboxylic acids is 1. The summed E-state index contributed by atoms with van der Waals surface area (Å²) in [6.45, 7) is 17.6. The highest BCUT2D eigenvalue weighted by molar-refractivity contribution is 5.68. The van der Waals surface area contributed by atoms with E-state index in [1.165, 1.54) is 0 Å². The van der Waals surface area contributed by atoms with Crippen LogP contribution in [-0.2, 0) is 75.8 Å². The second kappa shape index (κ2) is 42.3. The molecule has 0 aromatic carbocycles. The molecule has 0 saturated carbocycles. The second-order valence-corrected chi connectivity index (χ2v) is 11.8. The molecule has 0 aliphatic rings. The van der Waals surface area contributed by atoms with E-state index in [-0.39, 0.29) is 13.2 Å². The fourth-order valence-corrected chi connectivity index (χ4v) is 3.56. The number of carboxylic acid groups (broad SMARTS) is 1. The van der Waals surface area contributed by atoms with Gasteiger partial charge in [-0.3, -0.25) is 0 Å². The van der Waals surface area contributed by atoms with Gasteiger partial charge in [-0.05, 0) is 20.8 Å². The zero-order valence-corrected chi connectivity index (χ0v) is 32.9. The highest BCUT2D eigenvalue weighted by Gasteiger charge is 2.15. The van der Waals surface area contributed by atoms with Crippen LogP contribution in [0.4, 0.5) is 4.79 Å². The number of ether oxygens (including phenoxy) is 15. The van der Waals surface area contributed by atoms with Gasteiger partial charge >= 0.3 is 12.1 Å². The Kier molecular flexibility index (Phi) is 40.9. The maximum Gasteiger partial charge on any atom is 0.407 e. The van der Waals surface area contributed by atoms with Crippen molar-refractivity contribution < 1.29 is 85.7 Å². The van der Waals surface area contributed by atoms with Gasteiger partial charge < -0.3 is 81.5 Å². The average Bonchev–Trinajstić information content (AvgIpc) is 3.12. The molecule has 0 aromatic heterocycles. The summed E-state index contributed by atoms with van der Waals surface area (Å²) in [5.41, 5.74) is -0.518. The van der Waals surface area contributed by atoms with Crippen LogP contribution in [0.3, 0.4) is 0 Å². The summed E-state index contributed by atoms with van der Waals surface area (Å²) in [5, 5.41) is 11.1. The minimum atomic E-state index is -1.00. The second-order valence-electron chi connectivity index (χ2n) is 11.8. The predicted molar refractivity (Wildman–Crippen MR) is 193 cm³/mol. The first-order chi connectivity index (χ1) is 26.3. The van der Waals surface area contributed by atoms with E-state index < -0.39 is 17.7 Å². The molecule has 0 heterocycles. The molecule has 1 amide bonds. The number of hydrogen-bond acceptors (Lipinski definition) is 17. The lowest BCUT2D eigenvalue weighted by molar-refractivity contribution is -0.142. The van der Waals surface area contributed by atoms with Crippen molar-refractivity contribution in [3.05, 3.63) is 0 Å². The summed E-state index contributed by atoms with van der Waals surface area (Å²) in [4.78, 5) is 21.8. The van der Waals surface area contributed by atoms with Gasteiger partial charge in [0.25, 0.3) is 0 Å². The van der Waals surface area contributed by atoms with Gasteiger partial charge in [0.1, 0.15) is 12.2 Å². The van der Waals surface area contributed by atoms with Gasteiger partial charge in [-0.15, -0.1) is 0 Å². The third-order valence-electron chi connectivity index (χ3n) is 5.98. The van der Waals surface area contributed by atoms with E-state index in [0.29, 0.717) is 178 Å². The third-order valence-corrected chi connectivity index (χ3v) is 5.98. The van der Waals surface area contributed by atoms with E-state index in [1.807, 2.05) is 20.8 Å². The molecule has 0 fully saturated rings. The van der Waals surface area contributed by atoms with Gasteiger partial charge in [0.15, 0.2) is 0 Å². The number of carbonyl (C=O) groups is 2. The Morgan fingerprint density at radius 2 is 0.574 bits per heavy atom. The fraction of sp³-hybridized carbons (Fsp3) is 0.943. The van der Waals surface area contributed by atoms with E-state index in [9.17, 15) is 9.59 Å². The smallest absolute Gasteiger partial charge is 0.407 e. The number of amides is 1. The van der Waals surface area contributed by atoms with Crippen LogP contribution in [0.25, 0.3) is 0 Å². The van der Waals surface area contributed by atoms with E-state index in [0.717, 1.165) is 0 Å². The lowest BCUT2D eigenvalue weighted by Gasteiger charge is -2.19. The van der Waals surface area contributed by atoms with Crippen LogP contribution < -0.4 is 5.32 Å². The molecule has 0 unspecified atom stereocenters. The molecule has 0 aromatic rings. The molecule has 0 bridgehead atoms. The number of alkyl carbamates (subject to hydrolysis) is 1. The van der Waals surface area contributed by atoms with Crippen molar-refractivity contribution in [3.8, 4) is 0 Å². The monoisotopic (exact) mass is 791 g/mol. The Morgan fingerprint density at radius 1 is 0.370 bits per heavy atom. The maximum absolute atomic E-state index is 11.5. The zero-order valence-electron chi connectivity index (χ0n) is 32.9. The minimum absolute atomic E-state index is 0.235. The molecule has 0 atom stereocenters. The molecule has 54 heavy (non-hydrogen) atoms. The average molecular weight is 792 g/mol. The van der Waals surface area contributed by atoms with Crippen molar-refractivity contribution >= 4 is 12.1 Å². The first-order valence-electron chi connectivity index (χ1n) is 18.6. The Balaban J connectivity index is 3.10. The van der Waals surface area contributed by atoms with E-state index in [2.05, 4.69) is 5.32 Å². The number of carbonyl (C=O) groups excluding carboxylic acids is 1. The van der Waals surface area contributed by atoms with Crippen molar-refractivity contribution in [3.63, 3.8) is 0 Å². The van der Waals surface area contributed by atoms with Crippen molar-refractivity contribution in [2.45, 2.75) is 26.4 Å². The molecule has 19 heteroatoms. The molecule has 19 nitrogen and oxygen atoms in total. The van der Waals surface area contributed by atoms with Gasteiger partial charge in [-0.1, -0.05) is 0 Å². The van der Waals surface area contributed by atoms with Crippen LogP contribution in [0.2, 0.25) is 0 Å². The molecule has 0 spiro atoms. The summed E-state index contributed by atoms with van der Waals surface area (Å²) >= 11 is 0. The first-order valence-corrected chi connectivity index (χ1v) is 18.6. The Morgan fingerprint density at radius 3 is 0.778 bits per heavy atom. The van der Waals surface area contributed by atoms with Crippen LogP contribution >= 0.6 is 0 Å². The zero-order chi connectivity index (χ0) is 39.5. The summed E-state index contributed by atoms with van der Waals surface area (Å²) < 4.78 is 80.6. The molecule has 0 aliphatic carbocycles. The summed E-state index contributed by atoms with van der Waals surface area (Å²) in [7, 11) is 0. The molecule has 0 aliphatic heterocycles. The molecular weight excluding hydrogens is 722 g/mol. The Labute approximate surface area is 321 Å². The fourth-order valence-electron chi connectivity index (χ4n) is 3.56. The molecular formula is C35H69NO18. The van der Waals surface area contributed by atoms with Crippen LogP contribution in [0.15, 0.2) is 0 Å². The maximum atomic E-state index is 11.5. The lowest BCUT2D eigenvalue weighted by Crippen LogP contribution is -2.34. The molecule has 2 N–H and O–H groups in total. The molecule has 322 valence electrons. The SMILES string of the molecule is CC(C)(C)OC(=O)NCCOCCOCCOCCOCCOCCOCCOCCOCCOCCOCCOCCOCCOCCOCC(=O)O. The van der Waals surface area contributed by atoms with Gasteiger partial charge in [0, 0.05) is 6.54 Å². The topological polar surface area (TPSA) is 205 Å². The Hall–Kier alpha value is -1.82. The van der Waals surface area contributed by atoms with Crippen molar-refractivity contribution in [2.24, 2.45) is 0 Å². The van der Waals surface area contributed by atoms with E-state index in [4.69, 9.17) is 76.2 Å². The number of hydrogen-bond donors (Lipinski definition) is 2. The largest absolute Gasteiger partial charge is 0.480 e. The van der Waals surface area contributed by atoms with Gasteiger partial charge in [0.05, 0.1) is 178 Å². The predicted octanol–water partition coefficient (Wildman–Crippen LogP) is 0.828.